The van der Waals surface area contributed by atoms with E-state index in [4.69, 9.17) is 4.74 Å². The first-order valence-corrected chi connectivity index (χ1v) is 8.71. The van der Waals surface area contributed by atoms with Crippen LogP contribution in [0, 0.1) is 11.3 Å². The lowest BCUT2D eigenvalue weighted by Crippen LogP contribution is -2.06. The summed E-state index contributed by atoms with van der Waals surface area (Å²) >= 11 is 0. The van der Waals surface area contributed by atoms with E-state index in [2.05, 4.69) is 6.07 Å². The third-order valence-corrected chi connectivity index (χ3v) is 4.21. The summed E-state index contributed by atoms with van der Waals surface area (Å²) in [7, 11) is -3.21. The van der Waals surface area contributed by atoms with Gasteiger partial charge in [-0.15, -0.1) is 0 Å². The van der Waals surface area contributed by atoms with Gasteiger partial charge in [0.15, 0.2) is 9.84 Å². The number of hydrogen-bond acceptors (Lipinski definition) is 4. The summed E-state index contributed by atoms with van der Waals surface area (Å²) < 4.78 is 28.5. The Labute approximate surface area is 130 Å². The SMILES string of the molecule is CC(C)Oc1ccc(-c2ccc(S(C)(=O)=O)cc2)cc1C#N. The lowest BCUT2D eigenvalue weighted by Gasteiger charge is -2.12. The standard InChI is InChI=1S/C17H17NO3S/c1-12(2)21-17-9-6-14(10-15(17)11-18)13-4-7-16(8-5-13)22(3,19)20/h4-10,12H,1-3H3. The predicted octanol–water partition coefficient (Wildman–Crippen LogP) is 3.42. The molecule has 0 aliphatic heterocycles. The number of benzene rings is 2. The van der Waals surface area contributed by atoms with Crippen LogP contribution < -0.4 is 4.74 Å². The van der Waals surface area contributed by atoms with Crippen molar-refractivity contribution in [3.05, 3.63) is 48.0 Å². The number of ether oxygens (including phenoxy) is 1. The van der Waals surface area contributed by atoms with Crippen LogP contribution in [0.25, 0.3) is 11.1 Å². The van der Waals surface area contributed by atoms with Crippen LogP contribution in [0.4, 0.5) is 0 Å². The molecule has 5 heteroatoms. The van der Waals surface area contributed by atoms with Gasteiger partial charge < -0.3 is 4.74 Å². The molecule has 0 heterocycles. The van der Waals surface area contributed by atoms with Crippen LogP contribution in [-0.4, -0.2) is 20.8 Å². The van der Waals surface area contributed by atoms with Crippen LogP contribution in [0.3, 0.4) is 0 Å². The molecular formula is C17H17NO3S. The Morgan fingerprint density at radius 1 is 1.05 bits per heavy atom. The van der Waals surface area contributed by atoms with Gasteiger partial charge >= 0.3 is 0 Å². The van der Waals surface area contributed by atoms with Gasteiger partial charge in [0, 0.05) is 6.26 Å². The van der Waals surface area contributed by atoms with Crippen molar-refractivity contribution in [1.29, 1.82) is 5.26 Å². The van der Waals surface area contributed by atoms with E-state index in [1.807, 2.05) is 19.9 Å². The molecule has 0 spiro atoms. The van der Waals surface area contributed by atoms with E-state index in [0.717, 1.165) is 11.1 Å². The summed E-state index contributed by atoms with van der Waals surface area (Å²) in [6.07, 6.45) is 1.17. The summed E-state index contributed by atoms with van der Waals surface area (Å²) in [4.78, 5) is 0.275. The van der Waals surface area contributed by atoms with Crippen LogP contribution in [0.5, 0.6) is 5.75 Å². The lowest BCUT2D eigenvalue weighted by molar-refractivity contribution is 0.242. The second-order valence-electron chi connectivity index (χ2n) is 5.29. The van der Waals surface area contributed by atoms with Gasteiger partial charge in [-0.05, 0) is 49.2 Å². The van der Waals surface area contributed by atoms with Crippen molar-refractivity contribution in [2.45, 2.75) is 24.8 Å². The molecule has 0 atom stereocenters. The molecule has 2 aromatic rings. The van der Waals surface area contributed by atoms with Gasteiger partial charge in [0.05, 0.1) is 16.6 Å². The highest BCUT2D eigenvalue weighted by Gasteiger charge is 2.10. The second kappa shape index (κ2) is 6.20. The maximum atomic E-state index is 11.5. The summed E-state index contributed by atoms with van der Waals surface area (Å²) in [6.45, 7) is 3.80. The van der Waals surface area contributed by atoms with Gasteiger partial charge in [0.2, 0.25) is 0 Å². The van der Waals surface area contributed by atoms with Crippen LogP contribution in [0.1, 0.15) is 19.4 Å². The lowest BCUT2D eigenvalue weighted by atomic mass is 10.0. The molecule has 22 heavy (non-hydrogen) atoms. The van der Waals surface area contributed by atoms with E-state index in [1.54, 1.807) is 36.4 Å². The highest BCUT2D eigenvalue weighted by atomic mass is 32.2. The van der Waals surface area contributed by atoms with Gasteiger partial charge in [0.25, 0.3) is 0 Å². The van der Waals surface area contributed by atoms with E-state index in [-0.39, 0.29) is 11.0 Å². The highest BCUT2D eigenvalue weighted by molar-refractivity contribution is 7.90. The van der Waals surface area contributed by atoms with E-state index in [0.29, 0.717) is 11.3 Å². The molecule has 0 bridgehead atoms. The molecule has 0 aromatic heterocycles. The molecule has 0 aliphatic carbocycles. The number of nitrogens with zero attached hydrogens (tertiary/aromatic N) is 1. The molecule has 0 N–H and O–H groups in total. The van der Waals surface area contributed by atoms with Crippen molar-refractivity contribution in [2.24, 2.45) is 0 Å². The van der Waals surface area contributed by atoms with Crippen LogP contribution >= 0.6 is 0 Å². The molecule has 0 saturated heterocycles. The number of rotatable bonds is 4. The van der Waals surface area contributed by atoms with Crippen molar-refractivity contribution < 1.29 is 13.2 Å². The number of hydrogen-bond donors (Lipinski definition) is 0. The van der Waals surface area contributed by atoms with Gasteiger partial charge in [-0.3, -0.25) is 0 Å². The van der Waals surface area contributed by atoms with Gasteiger partial charge in [-0.1, -0.05) is 18.2 Å². The van der Waals surface area contributed by atoms with Crippen molar-refractivity contribution in [3.8, 4) is 22.9 Å². The Bertz CT molecular complexity index is 816. The Morgan fingerprint density at radius 2 is 1.64 bits per heavy atom. The minimum Gasteiger partial charge on any atom is -0.490 e. The van der Waals surface area contributed by atoms with Crippen LogP contribution in [0.2, 0.25) is 0 Å². The van der Waals surface area contributed by atoms with E-state index < -0.39 is 9.84 Å². The molecule has 0 saturated carbocycles. The fourth-order valence-electron chi connectivity index (χ4n) is 2.05. The summed E-state index contributed by atoms with van der Waals surface area (Å²) in [6, 6.07) is 14.1. The van der Waals surface area contributed by atoms with Crippen molar-refractivity contribution >= 4 is 9.84 Å². The fourth-order valence-corrected chi connectivity index (χ4v) is 2.68. The first-order chi connectivity index (χ1) is 10.3. The summed E-state index contributed by atoms with van der Waals surface area (Å²) in [5, 5.41) is 9.24. The number of sulfone groups is 1. The van der Waals surface area contributed by atoms with Crippen LogP contribution in [0.15, 0.2) is 47.4 Å². The van der Waals surface area contributed by atoms with Gasteiger partial charge in [0.1, 0.15) is 11.8 Å². The number of nitriles is 1. The summed E-state index contributed by atoms with van der Waals surface area (Å²) in [5.74, 6) is 0.550. The van der Waals surface area contributed by atoms with Crippen molar-refractivity contribution in [2.75, 3.05) is 6.26 Å². The predicted molar refractivity (Wildman–Crippen MR) is 85.5 cm³/mol. The Balaban J connectivity index is 2.40. The topological polar surface area (TPSA) is 67.2 Å². The molecule has 0 fully saturated rings. The first-order valence-electron chi connectivity index (χ1n) is 6.82. The highest BCUT2D eigenvalue weighted by Crippen LogP contribution is 2.27. The minimum atomic E-state index is -3.21. The summed E-state index contributed by atoms with van der Waals surface area (Å²) in [5.41, 5.74) is 2.14. The third kappa shape index (κ3) is 3.66. The maximum Gasteiger partial charge on any atom is 0.175 e. The zero-order chi connectivity index (χ0) is 16.3. The van der Waals surface area contributed by atoms with Gasteiger partial charge in [-0.25, -0.2) is 8.42 Å². The molecule has 2 rings (SSSR count). The molecule has 0 radical (unpaired) electrons. The van der Waals surface area contributed by atoms with Gasteiger partial charge in [-0.2, -0.15) is 5.26 Å². The van der Waals surface area contributed by atoms with E-state index in [1.165, 1.54) is 6.26 Å². The molecule has 114 valence electrons. The van der Waals surface area contributed by atoms with Crippen LogP contribution in [-0.2, 0) is 9.84 Å². The van der Waals surface area contributed by atoms with E-state index >= 15 is 0 Å². The first kappa shape index (κ1) is 16.1. The minimum absolute atomic E-state index is 0.00741. The molecular weight excluding hydrogens is 298 g/mol. The molecule has 2 aromatic carbocycles. The Morgan fingerprint density at radius 3 is 2.14 bits per heavy atom. The Kier molecular flexibility index (Phi) is 4.53. The quantitative estimate of drug-likeness (QED) is 0.867. The van der Waals surface area contributed by atoms with Crippen molar-refractivity contribution in [1.82, 2.24) is 0 Å². The molecule has 0 aliphatic rings. The molecule has 4 nitrogen and oxygen atoms in total. The second-order valence-corrected chi connectivity index (χ2v) is 7.30. The third-order valence-electron chi connectivity index (χ3n) is 3.08. The van der Waals surface area contributed by atoms with E-state index in [9.17, 15) is 13.7 Å². The molecule has 0 unspecified atom stereocenters. The average Bonchev–Trinajstić information content (AvgIpc) is 2.46. The normalized spacial score (nSPS) is 11.2. The zero-order valence-corrected chi connectivity index (χ0v) is 13.5. The molecule has 0 amide bonds. The average molecular weight is 315 g/mol. The Hall–Kier alpha value is -2.32. The zero-order valence-electron chi connectivity index (χ0n) is 12.7. The maximum absolute atomic E-state index is 11.5. The van der Waals surface area contributed by atoms with Crippen molar-refractivity contribution in [3.63, 3.8) is 0 Å². The fraction of sp³-hybridized carbons (Fsp3) is 0.235. The largest absolute Gasteiger partial charge is 0.490 e. The smallest absolute Gasteiger partial charge is 0.175 e. The monoisotopic (exact) mass is 315 g/mol.